The van der Waals surface area contributed by atoms with Crippen LogP contribution in [-0.4, -0.2) is 62.6 Å². The molecule has 2 N–H and O–H groups in total. The molecule has 0 bridgehead atoms. The second kappa shape index (κ2) is 10.1. The molecule has 6 heteroatoms. The molecule has 0 fully saturated rings. The van der Waals surface area contributed by atoms with Crippen molar-refractivity contribution in [1.29, 1.82) is 0 Å². The van der Waals surface area contributed by atoms with Crippen LogP contribution in [0.5, 0.6) is 5.75 Å². The van der Waals surface area contributed by atoms with Gasteiger partial charge in [0.05, 0.1) is 12.3 Å². The lowest BCUT2D eigenvalue weighted by Gasteiger charge is -2.15. The Morgan fingerprint density at radius 1 is 1.21 bits per heavy atom. The second-order valence-electron chi connectivity index (χ2n) is 5.81. The van der Waals surface area contributed by atoms with E-state index in [1.54, 1.807) is 7.11 Å². The van der Waals surface area contributed by atoms with Gasteiger partial charge >= 0.3 is 0 Å². The number of rotatable bonds is 11. The molecule has 0 atom stereocenters. The molecule has 1 aromatic heterocycles. The van der Waals surface area contributed by atoms with Crippen molar-refractivity contribution < 1.29 is 9.47 Å². The minimum absolute atomic E-state index is 0.667. The van der Waals surface area contributed by atoms with Crippen LogP contribution >= 0.6 is 0 Å². The van der Waals surface area contributed by atoms with Gasteiger partial charge in [0.15, 0.2) is 0 Å². The standard InChI is InChI=1S/C18H28N4O2/c1-19-9-10-22(2)14-18-17(13-20-21-18)15-5-7-16(8-6-15)24-12-4-11-23-3/h5-8,13,19H,4,9-12,14H2,1-3H3,(H,20,21). The average Bonchev–Trinajstić information content (AvgIpc) is 3.05. The molecule has 24 heavy (non-hydrogen) atoms. The first-order chi connectivity index (χ1) is 11.7. The first kappa shape index (κ1) is 18.4. The van der Waals surface area contributed by atoms with Gasteiger partial charge in [0.1, 0.15) is 5.75 Å². The van der Waals surface area contributed by atoms with E-state index in [0.29, 0.717) is 6.61 Å². The molecule has 0 radical (unpaired) electrons. The summed E-state index contributed by atoms with van der Waals surface area (Å²) < 4.78 is 10.7. The summed E-state index contributed by atoms with van der Waals surface area (Å²) in [5, 5.41) is 10.5. The van der Waals surface area contributed by atoms with Crippen molar-refractivity contribution in [1.82, 2.24) is 20.4 Å². The fraction of sp³-hybridized carbons (Fsp3) is 0.500. The summed E-state index contributed by atoms with van der Waals surface area (Å²) >= 11 is 0. The molecule has 1 heterocycles. The molecule has 2 rings (SSSR count). The van der Waals surface area contributed by atoms with Crippen molar-refractivity contribution in [3.8, 4) is 16.9 Å². The summed E-state index contributed by atoms with van der Waals surface area (Å²) in [4.78, 5) is 2.25. The third-order valence-corrected chi connectivity index (χ3v) is 3.81. The van der Waals surface area contributed by atoms with E-state index < -0.39 is 0 Å². The zero-order chi connectivity index (χ0) is 17.2. The number of nitrogens with one attached hydrogen (secondary N) is 2. The molecule has 0 spiro atoms. The molecule has 6 nitrogen and oxygen atoms in total. The lowest BCUT2D eigenvalue weighted by molar-refractivity contribution is 0.172. The largest absolute Gasteiger partial charge is 0.494 e. The molecule has 0 unspecified atom stereocenters. The van der Waals surface area contributed by atoms with Crippen LogP contribution in [-0.2, 0) is 11.3 Å². The first-order valence-electron chi connectivity index (χ1n) is 8.32. The lowest BCUT2D eigenvalue weighted by Crippen LogP contribution is -2.27. The van der Waals surface area contributed by atoms with Crippen LogP contribution in [0.1, 0.15) is 12.1 Å². The molecule has 2 aromatic rings. The molecule has 0 saturated carbocycles. The SMILES string of the molecule is CNCCN(C)Cc1n[nH]cc1-c1ccc(OCCCOC)cc1. The van der Waals surface area contributed by atoms with Crippen LogP contribution in [0.4, 0.5) is 0 Å². The van der Waals surface area contributed by atoms with Gasteiger partial charge in [-0.2, -0.15) is 5.10 Å². The Kier molecular flexibility index (Phi) is 7.74. The van der Waals surface area contributed by atoms with Gasteiger partial charge in [-0.15, -0.1) is 0 Å². The zero-order valence-corrected chi connectivity index (χ0v) is 14.8. The predicted octanol–water partition coefficient (Wildman–Crippen LogP) is 2.14. The number of aromatic nitrogens is 2. The van der Waals surface area contributed by atoms with Gasteiger partial charge in [0.25, 0.3) is 0 Å². The van der Waals surface area contributed by atoms with Crippen LogP contribution < -0.4 is 10.1 Å². The highest BCUT2D eigenvalue weighted by Crippen LogP contribution is 2.25. The highest BCUT2D eigenvalue weighted by Gasteiger charge is 2.10. The normalized spacial score (nSPS) is 11.2. The zero-order valence-electron chi connectivity index (χ0n) is 14.8. The Bertz CT molecular complexity index is 583. The van der Waals surface area contributed by atoms with Gasteiger partial charge in [0.2, 0.25) is 0 Å². The fourth-order valence-corrected chi connectivity index (χ4v) is 2.45. The van der Waals surface area contributed by atoms with E-state index in [2.05, 4.69) is 39.6 Å². The minimum Gasteiger partial charge on any atom is -0.494 e. The van der Waals surface area contributed by atoms with Crippen LogP contribution in [0.2, 0.25) is 0 Å². The fourth-order valence-electron chi connectivity index (χ4n) is 2.45. The van der Waals surface area contributed by atoms with E-state index in [4.69, 9.17) is 9.47 Å². The Balaban J connectivity index is 1.95. The molecule has 0 aliphatic rings. The number of methoxy groups -OCH3 is 1. The Morgan fingerprint density at radius 3 is 2.71 bits per heavy atom. The van der Waals surface area contributed by atoms with E-state index in [9.17, 15) is 0 Å². The van der Waals surface area contributed by atoms with Crippen molar-refractivity contribution >= 4 is 0 Å². The predicted molar refractivity (Wildman–Crippen MR) is 96.3 cm³/mol. The van der Waals surface area contributed by atoms with Gasteiger partial charge in [-0.1, -0.05) is 12.1 Å². The Hall–Kier alpha value is -1.89. The average molecular weight is 332 g/mol. The van der Waals surface area contributed by atoms with Crippen LogP contribution in [0.3, 0.4) is 0 Å². The van der Waals surface area contributed by atoms with Gasteiger partial charge in [-0.25, -0.2) is 0 Å². The summed E-state index contributed by atoms with van der Waals surface area (Å²) in [5.41, 5.74) is 3.34. The monoisotopic (exact) mass is 332 g/mol. The molecule has 132 valence electrons. The number of nitrogens with zero attached hydrogens (tertiary/aromatic N) is 2. The lowest BCUT2D eigenvalue weighted by atomic mass is 10.1. The molecule has 1 aromatic carbocycles. The van der Waals surface area contributed by atoms with Gasteiger partial charge in [-0.3, -0.25) is 10.00 Å². The third-order valence-electron chi connectivity index (χ3n) is 3.81. The number of H-pyrrole nitrogens is 1. The van der Waals surface area contributed by atoms with E-state index in [0.717, 1.165) is 55.2 Å². The van der Waals surface area contributed by atoms with Crippen molar-refractivity contribution in [2.75, 3.05) is 47.5 Å². The van der Waals surface area contributed by atoms with Crippen molar-refractivity contribution in [3.05, 3.63) is 36.2 Å². The van der Waals surface area contributed by atoms with E-state index in [1.807, 2.05) is 25.4 Å². The summed E-state index contributed by atoms with van der Waals surface area (Å²) in [6.45, 7) is 4.15. The molecular weight excluding hydrogens is 304 g/mol. The molecule has 0 aliphatic heterocycles. The summed E-state index contributed by atoms with van der Waals surface area (Å²) in [5.74, 6) is 0.881. The molecular formula is C18H28N4O2. The summed E-state index contributed by atoms with van der Waals surface area (Å²) in [7, 11) is 5.77. The third kappa shape index (κ3) is 5.63. The molecule has 0 amide bonds. The quantitative estimate of drug-likeness (QED) is 0.617. The summed E-state index contributed by atoms with van der Waals surface area (Å²) in [6.07, 6.45) is 2.85. The van der Waals surface area contributed by atoms with Crippen molar-refractivity contribution in [2.45, 2.75) is 13.0 Å². The number of hydrogen-bond donors (Lipinski definition) is 2. The van der Waals surface area contributed by atoms with E-state index in [-0.39, 0.29) is 0 Å². The highest BCUT2D eigenvalue weighted by molar-refractivity contribution is 5.65. The smallest absolute Gasteiger partial charge is 0.119 e. The van der Waals surface area contributed by atoms with Gasteiger partial charge < -0.3 is 14.8 Å². The highest BCUT2D eigenvalue weighted by atomic mass is 16.5. The second-order valence-corrected chi connectivity index (χ2v) is 5.81. The van der Waals surface area contributed by atoms with Crippen LogP contribution in [0.15, 0.2) is 30.5 Å². The molecule has 0 saturated heterocycles. The molecule has 0 aliphatic carbocycles. The number of ether oxygens (including phenoxy) is 2. The van der Waals surface area contributed by atoms with Gasteiger partial charge in [0, 0.05) is 51.5 Å². The number of benzene rings is 1. The van der Waals surface area contributed by atoms with E-state index >= 15 is 0 Å². The van der Waals surface area contributed by atoms with Crippen molar-refractivity contribution in [3.63, 3.8) is 0 Å². The maximum atomic E-state index is 5.70. The van der Waals surface area contributed by atoms with Crippen molar-refractivity contribution in [2.24, 2.45) is 0 Å². The van der Waals surface area contributed by atoms with Crippen LogP contribution in [0, 0.1) is 0 Å². The van der Waals surface area contributed by atoms with E-state index in [1.165, 1.54) is 0 Å². The summed E-state index contributed by atoms with van der Waals surface area (Å²) in [6, 6.07) is 8.16. The Morgan fingerprint density at radius 2 is 2.00 bits per heavy atom. The number of hydrogen-bond acceptors (Lipinski definition) is 5. The minimum atomic E-state index is 0.667. The maximum Gasteiger partial charge on any atom is 0.119 e. The van der Waals surface area contributed by atoms with Crippen LogP contribution in [0.25, 0.3) is 11.1 Å². The first-order valence-corrected chi connectivity index (χ1v) is 8.32. The van der Waals surface area contributed by atoms with Gasteiger partial charge in [-0.05, 0) is 31.8 Å². The number of aromatic amines is 1. The Labute approximate surface area is 144 Å². The number of likely N-dealkylation sites (N-methyl/N-ethyl adjacent to an activating group) is 2. The maximum absolute atomic E-state index is 5.70. The topological polar surface area (TPSA) is 62.4 Å².